The average Bonchev–Trinajstić information content (AvgIpc) is 3.18. The zero-order chi connectivity index (χ0) is 22.0. The largest absolute Gasteiger partial charge is 0.478 e. The van der Waals surface area contributed by atoms with Gasteiger partial charge in [0.15, 0.2) is 11.2 Å². The van der Waals surface area contributed by atoms with E-state index in [-0.39, 0.29) is 5.91 Å². The number of benzene rings is 3. The van der Waals surface area contributed by atoms with Crippen molar-refractivity contribution in [3.63, 3.8) is 0 Å². The summed E-state index contributed by atoms with van der Waals surface area (Å²) in [5.74, 6) is 0.936. The molecular formula is C26H26N2O3. The van der Waals surface area contributed by atoms with Gasteiger partial charge in [-0.25, -0.2) is 4.98 Å². The first kappa shape index (κ1) is 20.7. The standard InChI is InChI=1S/C26H26N2O3/c1-5-18-12-14-23-22(15-18)27-24(30-23)19-13-11-17(2)21(16-19)28-25(29)26(3,4)31-20-9-7-6-8-10-20/h6-16H,5H2,1-4H3,(H,28,29). The molecule has 0 saturated carbocycles. The number of oxazole rings is 1. The number of carbonyl (C=O) groups excluding carboxylic acids is 1. The van der Waals surface area contributed by atoms with Crippen molar-refractivity contribution in [3.05, 3.63) is 77.9 Å². The summed E-state index contributed by atoms with van der Waals surface area (Å²) in [6.45, 7) is 7.56. The molecule has 5 heteroatoms. The van der Waals surface area contributed by atoms with Gasteiger partial charge in [-0.1, -0.05) is 37.3 Å². The number of nitrogens with zero attached hydrogens (tertiary/aromatic N) is 1. The summed E-state index contributed by atoms with van der Waals surface area (Å²) >= 11 is 0. The predicted octanol–water partition coefficient (Wildman–Crippen LogP) is 6.16. The molecule has 0 spiro atoms. The van der Waals surface area contributed by atoms with Crippen LogP contribution < -0.4 is 10.1 Å². The molecule has 0 atom stereocenters. The minimum atomic E-state index is -1.04. The average molecular weight is 415 g/mol. The first-order chi connectivity index (χ1) is 14.9. The lowest BCUT2D eigenvalue weighted by Crippen LogP contribution is -2.42. The van der Waals surface area contributed by atoms with E-state index in [1.54, 1.807) is 13.8 Å². The third kappa shape index (κ3) is 4.45. The molecular weight excluding hydrogens is 388 g/mol. The number of hydrogen-bond acceptors (Lipinski definition) is 4. The van der Waals surface area contributed by atoms with Gasteiger partial charge >= 0.3 is 0 Å². The summed E-state index contributed by atoms with van der Waals surface area (Å²) in [5, 5.41) is 3.00. The molecule has 1 heterocycles. The van der Waals surface area contributed by atoms with Gasteiger partial charge in [0.05, 0.1) is 0 Å². The van der Waals surface area contributed by atoms with E-state index in [9.17, 15) is 4.79 Å². The molecule has 0 aliphatic carbocycles. The van der Waals surface area contributed by atoms with E-state index < -0.39 is 5.60 Å². The predicted molar refractivity (Wildman–Crippen MR) is 123 cm³/mol. The molecule has 158 valence electrons. The number of para-hydroxylation sites is 1. The van der Waals surface area contributed by atoms with Gasteiger partial charge in [-0.2, -0.15) is 0 Å². The Labute approximate surface area is 182 Å². The Morgan fingerprint density at radius 3 is 2.58 bits per heavy atom. The van der Waals surface area contributed by atoms with Gasteiger partial charge in [0.2, 0.25) is 5.89 Å². The van der Waals surface area contributed by atoms with Gasteiger partial charge in [-0.05, 0) is 74.7 Å². The van der Waals surface area contributed by atoms with Crippen molar-refractivity contribution in [3.8, 4) is 17.2 Å². The number of aryl methyl sites for hydroxylation is 2. The number of rotatable bonds is 6. The molecule has 0 aliphatic heterocycles. The molecule has 1 N–H and O–H groups in total. The van der Waals surface area contributed by atoms with Gasteiger partial charge in [0, 0.05) is 11.3 Å². The zero-order valence-corrected chi connectivity index (χ0v) is 18.2. The molecule has 0 saturated heterocycles. The first-order valence-corrected chi connectivity index (χ1v) is 10.4. The lowest BCUT2D eigenvalue weighted by molar-refractivity contribution is -0.128. The van der Waals surface area contributed by atoms with Crippen LogP contribution in [0.15, 0.2) is 71.1 Å². The fourth-order valence-electron chi connectivity index (χ4n) is 3.31. The van der Waals surface area contributed by atoms with Crippen molar-refractivity contribution in [2.24, 2.45) is 0 Å². The van der Waals surface area contributed by atoms with E-state index in [4.69, 9.17) is 9.15 Å². The van der Waals surface area contributed by atoms with E-state index in [2.05, 4.69) is 17.2 Å². The van der Waals surface area contributed by atoms with Gasteiger partial charge in [-0.3, -0.25) is 4.79 Å². The monoisotopic (exact) mass is 414 g/mol. The Kier molecular flexibility index (Phi) is 5.51. The highest BCUT2D eigenvalue weighted by Gasteiger charge is 2.30. The van der Waals surface area contributed by atoms with Crippen molar-refractivity contribution in [1.29, 1.82) is 0 Å². The van der Waals surface area contributed by atoms with Crippen LogP contribution in [0.3, 0.4) is 0 Å². The van der Waals surface area contributed by atoms with Crippen LogP contribution in [0.25, 0.3) is 22.6 Å². The fraction of sp³-hybridized carbons (Fsp3) is 0.231. The van der Waals surface area contributed by atoms with E-state index in [1.807, 2.05) is 73.7 Å². The van der Waals surface area contributed by atoms with Crippen LogP contribution in [-0.2, 0) is 11.2 Å². The highest BCUT2D eigenvalue weighted by atomic mass is 16.5. The van der Waals surface area contributed by atoms with Crippen molar-refractivity contribution in [2.75, 3.05) is 5.32 Å². The third-order valence-electron chi connectivity index (χ3n) is 5.26. The summed E-state index contributed by atoms with van der Waals surface area (Å²) in [6, 6.07) is 21.1. The van der Waals surface area contributed by atoms with Crippen LogP contribution >= 0.6 is 0 Å². The molecule has 31 heavy (non-hydrogen) atoms. The van der Waals surface area contributed by atoms with Crippen LogP contribution in [0.2, 0.25) is 0 Å². The Hall–Kier alpha value is -3.60. The molecule has 0 aliphatic rings. The molecule has 0 bridgehead atoms. The lowest BCUT2D eigenvalue weighted by Gasteiger charge is -2.25. The highest BCUT2D eigenvalue weighted by molar-refractivity contribution is 5.98. The number of amides is 1. The maximum atomic E-state index is 13.0. The normalized spacial score (nSPS) is 11.5. The van der Waals surface area contributed by atoms with Crippen molar-refractivity contribution in [1.82, 2.24) is 4.98 Å². The summed E-state index contributed by atoms with van der Waals surface area (Å²) < 4.78 is 11.9. The van der Waals surface area contributed by atoms with Crippen LogP contribution in [0, 0.1) is 6.92 Å². The molecule has 4 aromatic rings. The Bertz CT molecular complexity index is 1230. The second-order valence-corrected chi connectivity index (χ2v) is 8.08. The summed E-state index contributed by atoms with van der Waals surface area (Å²) in [6.07, 6.45) is 0.944. The molecule has 3 aromatic carbocycles. The van der Waals surface area contributed by atoms with Crippen LogP contribution in [0.4, 0.5) is 5.69 Å². The summed E-state index contributed by atoms with van der Waals surface area (Å²) in [7, 11) is 0. The zero-order valence-electron chi connectivity index (χ0n) is 18.2. The van der Waals surface area contributed by atoms with Crippen LogP contribution in [0.1, 0.15) is 31.9 Å². The minimum Gasteiger partial charge on any atom is -0.478 e. The number of hydrogen-bond donors (Lipinski definition) is 1. The van der Waals surface area contributed by atoms with E-state index in [0.717, 1.165) is 28.6 Å². The number of aromatic nitrogens is 1. The van der Waals surface area contributed by atoms with Crippen molar-refractivity contribution < 1.29 is 13.9 Å². The molecule has 0 unspecified atom stereocenters. The van der Waals surface area contributed by atoms with Crippen molar-refractivity contribution >= 4 is 22.7 Å². The van der Waals surface area contributed by atoms with Gasteiger partial charge in [0.25, 0.3) is 5.91 Å². The number of fused-ring (bicyclic) bond motifs is 1. The van der Waals surface area contributed by atoms with E-state index in [0.29, 0.717) is 17.3 Å². The smallest absolute Gasteiger partial charge is 0.267 e. The number of ether oxygens (including phenoxy) is 1. The summed E-state index contributed by atoms with van der Waals surface area (Å²) in [4.78, 5) is 17.6. The number of carbonyl (C=O) groups is 1. The lowest BCUT2D eigenvalue weighted by atomic mass is 10.1. The van der Waals surface area contributed by atoms with E-state index in [1.165, 1.54) is 5.56 Å². The molecule has 4 rings (SSSR count). The molecule has 0 radical (unpaired) electrons. The molecule has 1 aromatic heterocycles. The number of nitrogens with one attached hydrogen (secondary N) is 1. The molecule has 1 amide bonds. The Balaban J connectivity index is 1.58. The maximum absolute atomic E-state index is 13.0. The Morgan fingerprint density at radius 2 is 1.84 bits per heavy atom. The molecule has 5 nitrogen and oxygen atoms in total. The van der Waals surface area contributed by atoms with Gasteiger partial charge in [0.1, 0.15) is 11.3 Å². The first-order valence-electron chi connectivity index (χ1n) is 10.4. The maximum Gasteiger partial charge on any atom is 0.267 e. The van der Waals surface area contributed by atoms with Crippen molar-refractivity contribution in [2.45, 2.75) is 39.7 Å². The van der Waals surface area contributed by atoms with Crippen LogP contribution in [0.5, 0.6) is 5.75 Å². The third-order valence-corrected chi connectivity index (χ3v) is 5.26. The SMILES string of the molecule is CCc1ccc2oc(-c3ccc(C)c(NC(=O)C(C)(C)Oc4ccccc4)c3)nc2c1. The van der Waals surface area contributed by atoms with E-state index >= 15 is 0 Å². The van der Waals surface area contributed by atoms with Crippen LogP contribution in [-0.4, -0.2) is 16.5 Å². The molecule has 0 fully saturated rings. The number of anilines is 1. The quantitative estimate of drug-likeness (QED) is 0.410. The second kappa shape index (κ2) is 8.26. The highest BCUT2D eigenvalue weighted by Crippen LogP contribution is 2.29. The fourth-order valence-corrected chi connectivity index (χ4v) is 3.31. The van der Waals surface area contributed by atoms with Gasteiger partial charge < -0.3 is 14.5 Å². The van der Waals surface area contributed by atoms with Gasteiger partial charge in [-0.15, -0.1) is 0 Å². The summed E-state index contributed by atoms with van der Waals surface area (Å²) in [5.41, 5.74) is 4.19. The minimum absolute atomic E-state index is 0.234. The topological polar surface area (TPSA) is 64.4 Å². The Morgan fingerprint density at radius 1 is 1.06 bits per heavy atom. The second-order valence-electron chi connectivity index (χ2n) is 8.08.